The van der Waals surface area contributed by atoms with Gasteiger partial charge in [0.25, 0.3) is 5.91 Å². The van der Waals surface area contributed by atoms with Crippen LogP contribution in [0.5, 0.6) is 11.5 Å². The van der Waals surface area contributed by atoms with Crippen molar-refractivity contribution in [1.82, 2.24) is 10.2 Å². The lowest BCUT2D eigenvalue weighted by molar-refractivity contribution is 0.0526. The molecule has 0 unspecified atom stereocenters. The standard InChI is InChI=1S/C29H27N3O5/c1-4-36-23-16-8-18(9-17-23)25-24-26(31-30-25)28(33)32(27(24)19-10-14-22(35-3)15-11-19)21-12-6-20(7-13-21)29(34)37-5-2/h6-17,27H,4-5H2,1-3H3,(H,30,31)/t27-/m1/s1. The molecule has 8 heteroatoms. The number of esters is 1. The average molecular weight is 498 g/mol. The third-order valence-electron chi connectivity index (χ3n) is 6.30. The van der Waals surface area contributed by atoms with Gasteiger partial charge in [-0.15, -0.1) is 0 Å². The molecule has 1 aliphatic heterocycles. The number of nitrogens with one attached hydrogen (secondary N) is 1. The lowest BCUT2D eigenvalue weighted by Gasteiger charge is -2.26. The molecule has 37 heavy (non-hydrogen) atoms. The van der Waals surface area contributed by atoms with E-state index in [1.165, 1.54) is 0 Å². The van der Waals surface area contributed by atoms with Gasteiger partial charge < -0.3 is 14.2 Å². The zero-order chi connectivity index (χ0) is 25.9. The Hall–Kier alpha value is -4.59. The van der Waals surface area contributed by atoms with E-state index in [4.69, 9.17) is 14.2 Å². The van der Waals surface area contributed by atoms with Crippen molar-refractivity contribution < 1.29 is 23.8 Å². The first-order valence-electron chi connectivity index (χ1n) is 12.1. The van der Waals surface area contributed by atoms with Crippen LogP contribution in [0.25, 0.3) is 11.3 Å². The molecule has 8 nitrogen and oxygen atoms in total. The van der Waals surface area contributed by atoms with Gasteiger partial charge in [-0.3, -0.25) is 14.8 Å². The van der Waals surface area contributed by atoms with Crippen LogP contribution in [0.1, 0.15) is 51.9 Å². The van der Waals surface area contributed by atoms with Crippen molar-refractivity contribution in [3.8, 4) is 22.8 Å². The molecule has 3 aromatic carbocycles. The van der Waals surface area contributed by atoms with E-state index >= 15 is 0 Å². The summed E-state index contributed by atoms with van der Waals surface area (Å²) >= 11 is 0. The summed E-state index contributed by atoms with van der Waals surface area (Å²) in [5.41, 5.74) is 4.75. The topological polar surface area (TPSA) is 93.8 Å². The fourth-order valence-electron chi connectivity index (χ4n) is 4.58. The monoisotopic (exact) mass is 497 g/mol. The van der Waals surface area contributed by atoms with Gasteiger partial charge in [0.2, 0.25) is 0 Å². The third-order valence-corrected chi connectivity index (χ3v) is 6.30. The minimum absolute atomic E-state index is 0.204. The molecule has 0 bridgehead atoms. The number of nitrogens with zero attached hydrogens (tertiary/aromatic N) is 2. The van der Waals surface area contributed by atoms with Crippen molar-refractivity contribution in [3.05, 3.63) is 95.2 Å². The summed E-state index contributed by atoms with van der Waals surface area (Å²) in [7, 11) is 1.61. The van der Waals surface area contributed by atoms with Crippen LogP contribution < -0.4 is 14.4 Å². The highest BCUT2D eigenvalue weighted by atomic mass is 16.5. The van der Waals surface area contributed by atoms with Crippen LogP contribution >= 0.6 is 0 Å². The van der Waals surface area contributed by atoms with Crippen LogP contribution in [0.4, 0.5) is 5.69 Å². The van der Waals surface area contributed by atoms with E-state index < -0.39 is 12.0 Å². The lowest BCUT2D eigenvalue weighted by Crippen LogP contribution is -2.29. The molecule has 0 fully saturated rings. The van der Waals surface area contributed by atoms with E-state index in [1.54, 1.807) is 43.2 Å². The smallest absolute Gasteiger partial charge is 0.338 e. The zero-order valence-electron chi connectivity index (χ0n) is 20.9. The Morgan fingerprint density at radius 2 is 1.59 bits per heavy atom. The fourth-order valence-corrected chi connectivity index (χ4v) is 4.58. The van der Waals surface area contributed by atoms with E-state index in [9.17, 15) is 9.59 Å². The summed E-state index contributed by atoms with van der Waals surface area (Å²) in [5, 5.41) is 7.50. The van der Waals surface area contributed by atoms with E-state index in [0.717, 1.165) is 28.2 Å². The summed E-state index contributed by atoms with van der Waals surface area (Å²) in [4.78, 5) is 27.6. The van der Waals surface area contributed by atoms with Crippen LogP contribution in [-0.2, 0) is 4.74 Å². The zero-order valence-corrected chi connectivity index (χ0v) is 20.9. The van der Waals surface area contributed by atoms with Crippen LogP contribution in [0.2, 0.25) is 0 Å². The van der Waals surface area contributed by atoms with Crippen LogP contribution in [0.15, 0.2) is 72.8 Å². The first-order chi connectivity index (χ1) is 18.0. The normalized spacial score (nSPS) is 14.4. The van der Waals surface area contributed by atoms with Crippen LogP contribution in [0.3, 0.4) is 0 Å². The molecule has 0 saturated heterocycles. The molecule has 1 aromatic heterocycles. The third kappa shape index (κ3) is 4.42. The maximum Gasteiger partial charge on any atom is 0.338 e. The van der Waals surface area contributed by atoms with Crippen molar-refractivity contribution in [2.24, 2.45) is 0 Å². The second kappa shape index (κ2) is 10.2. The predicted molar refractivity (Wildman–Crippen MR) is 139 cm³/mol. The van der Waals surface area contributed by atoms with Gasteiger partial charge in [0, 0.05) is 16.8 Å². The van der Waals surface area contributed by atoms with Gasteiger partial charge in [-0.05, 0) is 80.1 Å². The number of amides is 1. The Labute approximate surface area is 214 Å². The molecule has 2 heterocycles. The number of ether oxygens (including phenoxy) is 3. The number of rotatable bonds is 8. The number of methoxy groups -OCH3 is 1. The number of carbonyl (C=O) groups excluding carboxylic acids is 2. The number of aromatic amines is 1. The molecule has 1 aliphatic rings. The maximum atomic E-state index is 13.7. The number of hydrogen-bond acceptors (Lipinski definition) is 6. The van der Waals surface area contributed by atoms with Crippen molar-refractivity contribution in [2.45, 2.75) is 19.9 Å². The SMILES string of the molecule is CCOC(=O)c1ccc(N2C(=O)c3[nH]nc(-c4ccc(OCC)cc4)c3[C@H]2c2ccc(OC)cc2)cc1. The molecule has 1 atom stereocenters. The van der Waals surface area contributed by atoms with Crippen LogP contribution in [0, 0.1) is 0 Å². The average Bonchev–Trinajstić information content (AvgIpc) is 3.48. The highest BCUT2D eigenvalue weighted by molar-refractivity contribution is 6.12. The molecule has 0 aliphatic carbocycles. The highest BCUT2D eigenvalue weighted by Crippen LogP contribution is 2.45. The van der Waals surface area contributed by atoms with E-state index in [0.29, 0.717) is 35.9 Å². The maximum absolute atomic E-state index is 13.7. The Kier molecular flexibility index (Phi) is 6.64. The number of fused-ring (bicyclic) bond motifs is 1. The van der Waals surface area contributed by atoms with Crippen molar-refractivity contribution >= 4 is 17.6 Å². The summed E-state index contributed by atoms with van der Waals surface area (Å²) in [6.07, 6.45) is 0. The summed E-state index contributed by atoms with van der Waals surface area (Å²) in [6, 6.07) is 21.7. The lowest BCUT2D eigenvalue weighted by atomic mass is 9.95. The van der Waals surface area contributed by atoms with Gasteiger partial charge in [0.15, 0.2) is 0 Å². The summed E-state index contributed by atoms with van der Waals surface area (Å²) < 4.78 is 16.0. The van der Waals surface area contributed by atoms with Crippen molar-refractivity contribution in [3.63, 3.8) is 0 Å². The number of benzene rings is 3. The highest BCUT2D eigenvalue weighted by Gasteiger charge is 2.43. The quantitative estimate of drug-likeness (QED) is 0.327. The Bertz CT molecular complexity index is 1410. The first kappa shape index (κ1) is 24.1. The molecule has 0 radical (unpaired) electrons. The van der Waals surface area contributed by atoms with Crippen molar-refractivity contribution in [1.29, 1.82) is 0 Å². The first-order valence-corrected chi connectivity index (χ1v) is 12.1. The van der Waals surface area contributed by atoms with Gasteiger partial charge in [-0.25, -0.2) is 4.79 Å². The number of anilines is 1. The number of aromatic nitrogens is 2. The Morgan fingerprint density at radius 3 is 2.22 bits per heavy atom. The van der Waals surface area contributed by atoms with E-state index in [2.05, 4.69) is 10.2 Å². The number of carbonyl (C=O) groups is 2. The molecule has 5 rings (SSSR count). The largest absolute Gasteiger partial charge is 0.497 e. The number of hydrogen-bond donors (Lipinski definition) is 1. The second-order valence-corrected chi connectivity index (χ2v) is 8.44. The molecule has 0 saturated carbocycles. The molecular weight excluding hydrogens is 470 g/mol. The molecule has 0 spiro atoms. The summed E-state index contributed by atoms with van der Waals surface area (Å²) in [5.74, 6) is 0.882. The molecule has 1 N–H and O–H groups in total. The van der Waals surface area contributed by atoms with E-state index in [-0.39, 0.29) is 5.91 Å². The second-order valence-electron chi connectivity index (χ2n) is 8.44. The Balaban J connectivity index is 1.60. The minimum atomic E-state index is -0.442. The molecule has 4 aromatic rings. The number of H-pyrrole nitrogens is 1. The van der Waals surface area contributed by atoms with Gasteiger partial charge in [0.05, 0.1) is 37.6 Å². The van der Waals surface area contributed by atoms with Gasteiger partial charge in [-0.2, -0.15) is 5.10 Å². The summed E-state index contributed by atoms with van der Waals surface area (Å²) in [6.45, 7) is 4.57. The fraction of sp³-hybridized carbons (Fsp3) is 0.207. The molecular formula is C29H27N3O5. The predicted octanol–water partition coefficient (Wildman–Crippen LogP) is 5.41. The van der Waals surface area contributed by atoms with E-state index in [1.807, 2.05) is 55.5 Å². The van der Waals surface area contributed by atoms with Crippen LogP contribution in [-0.4, -0.2) is 42.4 Å². The minimum Gasteiger partial charge on any atom is -0.497 e. The van der Waals surface area contributed by atoms with Crippen molar-refractivity contribution in [2.75, 3.05) is 25.2 Å². The Morgan fingerprint density at radius 1 is 0.919 bits per heavy atom. The van der Waals surface area contributed by atoms with Gasteiger partial charge in [-0.1, -0.05) is 12.1 Å². The molecule has 1 amide bonds. The molecule has 188 valence electrons. The van der Waals surface area contributed by atoms with Gasteiger partial charge >= 0.3 is 5.97 Å². The van der Waals surface area contributed by atoms with Gasteiger partial charge in [0.1, 0.15) is 17.2 Å².